The van der Waals surface area contributed by atoms with Gasteiger partial charge in [0.15, 0.2) is 11.5 Å². The van der Waals surface area contributed by atoms with Crippen molar-refractivity contribution < 1.29 is 19.5 Å². The Morgan fingerprint density at radius 2 is 2.00 bits per heavy atom. The lowest BCUT2D eigenvalue weighted by molar-refractivity contribution is -0.129. The lowest BCUT2D eigenvalue weighted by Crippen LogP contribution is -2.06. The van der Waals surface area contributed by atoms with E-state index in [1.165, 1.54) is 19.4 Å². The van der Waals surface area contributed by atoms with Gasteiger partial charge in [-0.1, -0.05) is 33.2 Å². The summed E-state index contributed by atoms with van der Waals surface area (Å²) >= 11 is 6.68. The molecule has 0 unspecified atom stereocenters. The molecule has 7 heteroatoms. The Kier molecular flexibility index (Phi) is 6.57. The van der Waals surface area contributed by atoms with Crippen molar-refractivity contribution in [2.75, 3.05) is 7.11 Å². The maximum atomic E-state index is 12.0. The van der Waals surface area contributed by atoms with E-state index in [4.69, 9.17) is 14.7 Å². The zero-order valence-electron chi connectivity index (χ0n) is 12.6. The predicted molar refractivity (Wildman–Crippen MR) is 98.9 cm³/mol. The molecule has 0 heterocycles. The van der Waals surface area contributed by atoms with E-state index in [1.807, 2.05) is 24.3 Å². The number of rotatable bonds is 5. The minimum atomic E-state index is -0.544. The van der Waals surface area contributed by atoms with Crippen molar-refractivity contribution in [1.29, 1.82) is 0 Å². The van der Waals surface area contributed by atoms with Crippen LogP contribution >= 0.6 is 31.9 Å². The number of halogens is 2. The number of ether oxygens (including phenoxy) is 2. The number of oxime groups is 1. The van der Waals surface area contributed by atoms with Crippen LogP contribution in [0.2, 0.25) is 0 Å². The van der Waals surface area contributed by atoms with E-state index in [0.29, 0.717) is 15.8 Å². The Balaban J connectivity index is 2.19. The highest BCUT2D eigenvalue weighted by Gasteiger charge is 2.14. The second kappa shape index (κ2) is 8.65. The highest BCUT2D eigenvalue weighted by molar-refractivity contribution is 9.10. The number of carbonyl (C=O) groups is 1. The van der Waals surface area contributed by atoms with E-state index in [2.05, 4.69) is 37.0 Å². The fourth-order valence-electron chi connectivity index (χ4n) is 1.89. The number of benzene rings is 2. The summed E-state index contributed by atoms with van der Waals surface area (Å²) in [6.07, 6.45) is 4.23. The first-order valence-corrected chi connectivity index (χ1v) is 8.32. The van der Waals surface area contributed by atoms with Crippen LogP contribution in [0, 0.1) is 0 Å². The standard InChI is InChI=1S/C17H13Br2NO4/c1-23-15-9-12(10-20-22)8-14(19)17(15)24-16(21)6-5-11-3-2-4-13(18)7-11/h2-10,22H,1H3/b6-5?,20-10+. The van der Waals surface area contributed by atoms with E-state index in [9.17, 15) is 4.79 Å². The van der Waals surface area contributed by atoms with Crippen LogP contribution in [0.4, 0.5) is 0 Å². The van der Waals surface area contributed by atoms with Crippen molar-refractivity contribution in [3.63, 3.8) is 0 Å². The van der Waals surface area contributed by atoms with Crippen LogP contribution < -0.4 is 9.47 Å². The van der Waals surface area contributed by atoms with Crippen molar-refractivity contribution in [2.45, 2.75) is 0 Å². The van der Waals surface area contributed by atoms with Gasteiger partial charge in [-0.15, -0.1) is 0 Å². The van der Waals surface area contributed by atoms with Gasteiger partial charge in [0.2, 0.25) is 0 Å². The third-order valence-electron chi connectivity index (χ3n) is 2.92. The van der Waals surface area contributed by atoms with Gasteiger partial charge in [0, 0.05) is 16.1 Å². The van der Waals surface area contributed by atoms with Crippen LogP contribution in [-0.2, 0) is 4.79 Å². The Labute approximate surface area is 155 Å². The molecular formula is C17H13Br2NO4. The summed E-state index contributed by atoms with van der Waals surface area (Å²) < 4.78 is 12.0. The van der Waals surface area contributed by atoms with Gasteiger partial charge >= 0.3 is 5.97 Å². The van der Waals surface area contributed by atoms with Gasteiger partial charge in [-0.25, -0.2) is 4.79 Å². The van der Waals surface area contributed by atoms with Gasteiger partial charge in [-0.3, -0.25) is 0 Å². The number of nitrogens with zero attached hydrogens (tertiary/aromatic N) is 1. The normalized spacial score (nSPS) is 11.1. The minimum Gasteiger partial charge on any atom is -0.493 e. The molecule has 2 aromatic carbocycles. The largest absolute Gasteiger partial charge is 0.493 e. The van der Waals surface area contributed by atoms with Gasteiger partial charge in [-0.2, -0.15) is 0 Å². The van der Waals surface area contributed by atoms with E-state index in [-0.39, 0.29) is 5.75 Å². The summed E-state index contributed by atoms with van der Waals surface area (Å²) in [5.41, 5.74) is 1.45. The van der Waals surface area contributed by atoms with Crippen LogP contribution in [0.5, 0.6) is 11.5 Å². The zero-order valence-corrected chi connectivity index (χ0v) is 15.7. The molecule has 0 atom stereocenters. The molecule has 0 aromatic heterocycles. The van der Waals surface area contributed by atoms with Crippen LogP contribution in [-0.4, -0.2) is 24.5 Å². The summed E-state index contributed by atoms with van der Waals surface area (Å²) in [6, 6.07) is 10.7. The fourth-order valence-corrected chi connectivity index (χ4v) is 2.85. The fraction of sp³-hybridized carbons (Fsp3) is 0.0588. The lowest BCUT2D eigenvalue weighted by atomic mass is 10.2. The molecule has 24 heavy (non-hydrogen) atoms. The molecule has 0 bridgehead atoms. The third-order valence-corrected chi connectivity index (χ3v) is 4.00. The lowest BCUT2D eigenvalue weighted by Gasteiger charge is -2.11. The second-order valence-electron chi connectivity index (χ2n) is 4.59. The van der Waals surface area contributed by atoms with E-state index in [0.717, 1.165) is 10.0 Å². The molecule has 0 spiro atoms. The molecule has 0 radical (unpaired) electrons. The molecule has 0 aliphatic rings. The van der Waals surface area contributed by atoms with Gasteiger partial charge < -0.3 is 14.7 Å². The number of hydrogen-bond acceptors (Lipinski definition) is 5. The van der Waals surface area contributed by atoms with Crippen molar-refractivity contribution >= 4 is 50.1 Å². The zero-order chi connectivity index (χ0) is 17.5. The third kappa shape index (κ3) is 4.94. The minimum absolute atomic E-state index is 0.247. The molecule has 0 aliphatic carbocycles. The van der Waals surface area contributed by atoms with Crippen molar-refractivity contribution in [2.24, 2.45) is 5.16 Å². The Hall–Kier alpha value is -2.12. The van der Waals surface area contributed by atoms with Crippen LogP contribution in [0.3, 0.4) is 0 Å². The summed E-state index contributed by atoms with van der Waals surface area (Å²) in [5, 5.41) is 11.6. The van der Waals surface area contributed by atoms with Gasteiger partial charge in [0.1, 0.15) is 0 Å². The molecular weight excluding hydrogens is 442 g/mol. The molecule has 0 amide bonds. The Morgan fingerprint density at radius 1 is 1.21 bits per heavy atom. The molecule has 2 rings (SSSR count). The highest BCUT2D eigenvalue weighted by Crippen LogP contribution is 2.36. The van der Waals surface area contributed by atoms with E-state index in [1.54, 1.807) is 18.2 Å². The van der Waals surface area contributed by atoms with Gasteiger partial charge in [0.25, 0.3) is 0 Å². The molecule has 0 saturated carbocycles. The maximum absolute atomic E-state index is 12.0. The van der Waals surface area contributed by atoms with E-state index >= 15 is 0 Å². The summed E-state index contributed by atoms with van der Waals surface area (Å²) in [6.45, 7) is 0. The average molecular weight is 455 g/mol. The van der Waals surface area contributed by atoms with Crippen molar-refractivity contribution in [3.8, 4) is 11.5 Å². The van der Waals surface area contributed by atoms with Crippen molar-refractivity contribution in [1.82, 2.24) is 0 Å². The quantitative estimate of drug-likeness (QED) is 0.178. The molecule has 5 nitrogen and oxygen atoms in total. The SMILES string of the molecule is COc1cc(/C=N/O)cc(Br)c1OC(=O)C=Cc1cccc(Br)c1. The maximum Gasteiger partial charge on any atom is 0.336 e. The Morgan fingerprint density at radius 3 is 2.67 bits per heavy atom. The molecule has 1 N–H and O–H groups in total. The second-order valence-corrected chi connectivity index (χ2v) is 6.36. The Bertz CT molecular complexity index is 803. The summed E-state index contributed by atoms with van der Waals surface area (Å²) in [4.78, 5) is 12.0. The first-order chi connectivity index (χ1) is 11.5. The average Bonchev–Trinajstić information content (AvgIpc) is 2.55. The number of esters is 1. The van der Waals surface area contributed by atoms with Crippen LogP contribution in [0.1, 0.15) is 11.1 Å². The summed E-state index contributed by atoms with van der Waals surface area (Å²) in [7, 11) is 1.45. The first-order valence-electron chi connectivity index (χ1n) is 6.74. The topological polar surface area (TPSA) is 68.1 Å². The predicted octanol–water partition coefficient (Wildman–Crippen LogP) is 4.65. The van der Waals surface area contributed by atoms with Crippen LogP contribution in [0.15, 0.2) is 56.6 Å². The van der Waals surface area contributed by atoms with E-state index < -0.39 is 5.97 Å². The molecule has 124 valence electrons. The van der Waals surface area contributed by atoms with Crippen LogP contribution in [0.25, 0.3) is 6.08 Å². The highest BCUT2D eigenvalue weighted by atomic mass is 79.9. The first kappa shape index (κ1) is 18.2. The number of methoxy groups -OCH3 is 1. The number of carbonyl (C=O) groups excluding carboxylic acids is 1. The smallest absolute Gasteiger partial charge is 0.336 e. The number of hydrogen-bond donors (Lipinski definition) is 1. The summed E-state index contributed by atoms with van der Waals surface area (Å²) in [5.74, 6) is 0.0394. The molecule has 2 aromatic rings. The van der Waals surface area contributed by atoms with Crippen molar-refractivity contribution in [3.05, 3.63) is 62.5 Å². The monoisotopic (exact) mass is 453 g/mol. The van der Waals surface area contributed by atoms with Gasteiger partial charge in [-0.05, 0) is 51.8 Å². The molecule has 0 aliphatic heterocycles. The molecule has 0 fully saturated rings. The molecule has 0 saturated heterocycles. The van der Waals surface area contributed by atoms with Gasteiger partial charge in [0.05, 0.1) is 17.8 Å².